The number of aromatic amines is 1. The number of aliphatic hydroxyl groups excluding tert-OH is 2. The van der Waals surface area contributed by atoms with Gasteiger partial charge in [-0.05, 0) is 46.9 Å². The summed E-state index contributed by atoms with van der Waals surface area (Å²) in [5.41, 5.74) is 8.51. The van der Waals surface area contributed by atoms with Crippen LogP contribution in [0.1, 0.15) is 45.5 Å². The van der Waals surface area contributed by atoms with E-state index in [9.17, 15) is 15.0 Å². The summed E-state index contributed by atoms with van der Waals surface area (Å²) >= 11 is 0. The molecule has 1 aliphatic carbocycles. The zero-order valence-corrected chi connectivity index (χ0v) is 15.9. The monoisotopic (exact) mass is 384 g/mol. The molecule has 0 spiro atoms. The van der Waals surface area contributed by atoms with Gasteiger partial charge >= 0.3 is 0 Å². The average molecular weight is 384 g/mol. The molecular formula is C24H20N2O3. The predicted molar refractivity (Wildman–Crippen MR) is 112 cm³/mol. The minimum Gasteiger partial charge on any atom is -0.392 e. The van der Waals surface area contributed by atoms with E-state index < -0.39 is 6.10 Å². The summed E-state index contributed by atoms with van der Waals surface area (Å²) in [6.45, 7) is 2.26. The largest absolute Gasteiger partial charge is 0.392 e. The molecule has 5 heteroatoms. The van der Waals surface area contributed by atoms with Gasteiger partial charge in [0.2, 0.25) is 0 Å². The lowest BCUT2D eigenvalue weighted by Gasteiger charge is -2.18. The molecule has 3 aromatic carbocycles. The van der Waals surface area contributed by atoms with Crippen LogP contribution in [0.2, 0.25) is 0 Å². The van der Waals surface area contributed by atoms with Crippen molar-refractivity contribution in [3.63, 3.8) is 0 Å². The molecule has 1 aliphatic heterocycles. The summed E-state index contributed by atoms with van der Waals surface area (Å²) in [6.07, 6.45) is -0.595. The van der Waals surface area contributed by atoms with Crippen LogP contribution in [0.25, 0.3) is 32.9 Å². The molecule has 0 saturated carbocycles. The second kappa shape index (κ2) is 5.69. The number of H-pyrrole nitrogens is 1. The van der Waals surface area contributed by atoms with Crippen molar-refractivity contribution in [3.05, 3.63) is 70.3 Å². The summed E-state index contributed by atoms with van der Waals surface area (Å²) in [5, 5.41) is 25.4. The molecule has 6 rings (SSSR count). The van der Waals surface area contributed by atoms with Crippen molar-refractivity contribution in [3.8, 4) is 11.1 Å². The third-order valence-electron chi connectivity index (χ3n) is 6.45. The molecule has 4 aromatic rings. The Bertz CT molecular complexity index is 1350. The fourth-order valence-corrected chi connectivity index (χ4v) is 5.32. The second-order valence-corrected chi connectivity index (χ2v) is 8.04. The van der Waals surface area contributed by atoms with E-state index in [4.69, 9.17) is 0 Å². The van der Waals surface area contributed by atoms with E-state index >= 15 is 0 Å². The molecule has 0 fully saturated rings. The summed E-state index contributed by atoms with van der Waals surface area (Å²) in [6, 6.07) is 13.9. The Morgan fingerprint density at radius 1 is 1.17 bits per heavy atom. The third kappa shape index (κ3) is 2.03. The minimum atomic E-state index is -0.595. The maximum atomic E-state index is 12.9. The van der Waals surface area contributed by atoms with Crippen LogP contribution in [-0.2, 0) is 13.2 Å². The van der Waals surface area contributed by atoms with Gasteiger partial charge in [-0.3, -0.25) is 4.79 Å². The molecule has 0 bridgehead atoms. The lowest BCUT2D eigenvalue weighted by Crippen LogP contribution is -2.15. The molecule has 29 heavy (non-hydrogen) atoms. The van der Waals surface area contributed by atoms with E-state index in [0.29, 0.717) is 6.54 Å². The van der Waals surface area contributed by atoms with E-state index in [1.54, 1.807) is 0 Å². The van der Waals surface area contributed by atoms with E-state index in [-0.39, 0.29) is 18.4 Å². The average Bonchev–Trinajstić information content (AvgIpc) is 3.38. The molecule has 1 amide bonds. The Morgan fingerprint density at radius 3 is 2.79 bits per heavy atom. The summed E-state index contributed by atoms with van der Waals surface area (Å²) < 4.78 is 0. The van der Waals surface area contributed by atoms with E-state index in [1.807, 2.05) is 49.4 Å². The van der Waals surface area contributed by atoms with Gasteiger partial charge in [0.05, 0.1) is 23.8 Å². The highest BCUT2D eigenvalue weighted by molar-refractivity contribution is 6.20. The van der Waals surface area contributed by atoms with E-state index in [0.717, 1.165) is 60.8 Å². The van der Waals surface area contributed by atoms with Crippen LogP contribution in [0.4, 0.5) is 0 Å². The molecule has 144 valence electrons. The van der Waals surface area contributed by atoms with Crippen LogP contribution >= 0.6 is 0 Å². The van der Waals surface area contributed by atoms with Crippen LogP contribution in [0, 0.1) is 0 Å². The van der Waals surface area contributed by atoms with Gasteiger partial charge in [-0.25, -0.2) is 0 Å². The number of carbonyl (C=O) groups is 1. The maximum absolute atomic E-state index is 12.9. The van der Waals surface area contributed by atoms with Gasteiger partial charge in [0.1, 0.15) is 0 Å². The molecule has 1 aromatic heterocycles. The predicted octanol–water partition coefficient (Wildman–Crippen LogP) is 3.55. The van der Waals surface area contributed by atoms with Crippen molar-refractivity contribution in [2.45, 2.75) is 32.1 Å². The van der Waals surface area contributed by atoms with Crippen LogP contribution in [0.15, 0.2) is 42.5 Å². The van der Waals surface area contributed by atoms with E-state index in [2.05, 4.69) is 10.3 Å². The molecule has 4 N–H and O–H groups in total. The van der Waals surface area contributed by atoms with Gasteiger partial charge in [0.15, 0.2) is 0 Å². The number of nitrogens with one attached hydrogen (secondary N) is 2. The number of benzene rings is 3. The summed E-state index contributed by atoms with van der Waals surface area (Å²) in [4.78, 5) is 16.5. The number of fused-ring (bicyclic) bond motifs is 10. The standard InChI is InChI=1S/C24H20N2O3/c1-11(28)18-13-4-2-3-5-14(13)20-21-16(9-25-24(21)29)19-15-8-12(10-27)6-7-17(15)26-23(19)22(18)20/h2-8,11,18,26-28H,9-10H2,1H3,(H,25,29). The van der Waals surface area contributed by atoms with Crippen molar-refractivity contribution in [2.24, 2.45) is 0 Å². The van der Waals surface area contributed by atoms with Crippen molar-refractivity contribution in [2.75, 3.05) is 0 Å². The summed E-state index contributed by atoms with van der Waals surface area (Å²) in [5.74, 6) is -0.264. The van der Waals surface area contributed by atoms with Crippen LogP contribution in [0.5, 0.6) is 0 Å². The zero-order valence-electron chi connectivity index (χ0n) is 15.9. The lowest BCUT2D eigenvalue weighted by atomic mass is 9.87. The molecule has 0 saturated heterocycles. The number of hydrogen-bond acceptors (Lipinski definition) is 3. The Balaban J connectivity index is 1.85. The topological polar surface area (TPSA) is 85.3 Å². The normalized spacial score (nSPS) is 18.0. The Kier molecular flexibility index (Phi) is 3.29. The number of amides is 1. The van der Waals surface area contributed by atoms with Gasteiger partial charge in [-0.15, -0.1) is 0 Å². The number of aromatic nitrogens is 1. The molecular weight excluding hydrogens is 364 g/mol. The van der Waals surface area contributed by atoms with Crippen LogP contribution in [0.3, 0.4) is 0 Å². The molecule has 2 unspecified atom stereocenters. The van der Waals surface area contributed by atoms with Gasteiger partial charge in [0, 0.05) is 34.3 Å². The molecule has 2 heterocycles. The molecule has 0 radical (unpaired) electrons. The first-order chi connectivity index (χ1) is 14.1. The van der Waals surface area contributed by atoms with Gasteiger partial charge in [-0.1, -0.05) is 30.3 Å². The highest BCUT2D eigenvalue weighted by atomic mass is 16.3. The van der Waals surface area contributed by atoms with Crippen LogP contribution < -0.4 is 5.32 Å². The number of aliphatic hydroxyl groups is 2. The quantitative estimate of drug-likeness (QED) is 0.426. The first-order valence-corrected chi connectivity index (χ1v) is 9.89. The van der Waals surface area contributed by atoms with Crippen molar-refractivity contribution >= 4 is 27.7 Å². The highest BCUT2D eigenvalue weighted by Crippen LogP contribution is 2.53. The zero-order chi connectivity index (χ0) is 19.9. The Morgan fingerprint density at radius 2 is 2.00 bits per heavy atom. The van der Waals surface area contributed by atoms with Crippen molar-refractivity contribution < 1.29 is 15.0 Å². The highest BCUT2D eigenvalue weighted by Gasteiger charge is 2.40. The fourth-order valence-electron chi connectivity index (χ4n) is 5.32. The number of hydrogen-bond donors (Lipinski definition) is 4. The van der Waals surface area contributed by atoms with Gasteiger partial charge in [0.25, 0.3) is 5.91 Å². The third-order valence-corrected chi connectivity index (χ3v) is 6.45. The molecule has 2 aliphatic rings. The lowest BCUT2D eigenvalue weighted by molar-refractivity contribution is 0.0966. The number of rotatable bonds is 2. The van der Waals surface area contributed by atoms with E-state index in [1.165, 1.54) is 0 Å². The van der Waals surface area contributed by atoms with Crippen LogP contribution in [-0.4, -0.2) is 27.2 Å². The fraction of sp³-hybridized carbons (Fsp3) is 0.208. The van der Waals surface area contributed by atoms with Crippen molar-refractivity contribution in [1.82, 2.24) is 10.3 Å². The second-order valence-electron chi connectivity index (χ2n) is 8.04. The molecule has 2 atom stereocenters. The first kappa shape index (κ1) is 16.8. The first-order valence-electron chi connectivity index (χ1n) is 9.89. The maximum Gasteiger partial charge on any atom is 0.252 e. The van der Waals surface area contributed by atoms with Gasteiger partial charge in [-0.2, -0.15) is 0 Å². The summed E-state index contributed by atoms with van der Waals surface area (Å²) in [7, 11) is 0. The smallest absolute Gasteiger partial charge is 0.252 e. The number of carbonyl (C=O) groups excluding carboxylic acids is 1. The SMILES string of the molecule is CC(O)C1c2ccccc2-c2c3c(c4c([nH]c5ccc(CO)cc54)c21)CNC3=O. The van der Waals surface area contributed by atoms with Crippen molar-refractivity contribution in [1.29, 1.82) is 0 Å². The van der Waals surface area contributed by atoms with Gasteiger partial charge < -0.3 is 20.5 Å². The minimum absolute atomic E-state index is 0.0331. The Hall–Kier alpha value is -3.15. The Labute approximate surface area is 167 Å². The molecule has 5 nitrogen and oxygen atoms in total.